The van der Waals surface area contributed by atoms with Crippen LogP contribution >= 0.6 is 0 Å². The number of amides is 1. The molecule has 3 rings (SSSR count). The predicted octanol–water partition coefficient (Wildman–Crippen LogP) is 3.68. The summed E-state index contributed by atoms with van der Waals surface area (Å²) in [6, 6.07) is 9.20. The van der Waals surface area contributed by atoms with E-state index in [4.69, 9.17) is 0 Å². The van der Waals surface area contributed by atoms with Crippen LogP contribution in [0.15, 0.2) is 42.7 Å². The van der Waals surface area contributed by atoms with E-state index < -0.39 is 12.6 Å². The fourth-order valence-corrected chi connectivity index (χ4v) is 3.12. The van der Waals surface area contributed by atoms with Gasteiger partial charge in [0.1, 0.15) is 0 Å². The van der Waals surface area contributed by atoms with Crippen molar-refractivity contribution in [2.45, 2.75) is 25.4 Å². The Bertz CT molecular complexity index is 769. The summed E-state index contributed by atoms with van der Waals surface area (Å²) in [4.78, 5) is 18.6. The maximum Gasteiger partial charge on any atom is 0.389 e. The van der Waals surface area contributed by atoms with Crippen LogP contribution in [0.2, 0.25) is 0 Å². The highest BCUT2D eigenvalue weighted by atomic mass is 19.4. The van der Waals surface area contributed by atoms with Crippen molar-refractivity contribution >= 4 is 5.91 Å². The first-order chi connectivity index (χ1) is 12.9. The van der Waals surface area contributed by atoms with Gasteiger partial charge in [0.25, 0.3) is 5.91 Å². The van der Waals surface area contributed by atoms with Crippen molar-refractivity contribution in [3.8, 4) is 11.1 Å². The lowest BCUT2D eigenvalue weighted by Crippen LogP contribution is -2.46. The topological polar surface area (TPSA) is 45.2 Å². The molecular formula is C20H22F3N3O. The molecule has 7 heteroatoms. The van der Waals surface area contributed by atoms with Gasteiger partial charge in [-0.2, -0.15) is 13.2 Å². The van der Waals surface area contributed by atoms with Gasteiger partial charge in [-0.1, -0.05) is 24.3 Å². The fourth-order valence-electron chi connectivity index (χ4n) is 3.12. The van der Waals surface area contributed by atoms with Gasteiger partial charge in [0.15, 0.2) is 0 Å². The Morgan fingerprint density at radius 3 is 2.44 bits per heavy atom. The van der Waals surface area contributed by atoms with Gasteiger partial charge in [-0.3, -0.25) is 9.78 Å². The molecule has 144 valence electrons. The van der Waals surface area contributed by atoms with Gasteiger partial charge in [0.2, 0.25) is 0 Å². The summed E-state index contributed by atoms with van der Waals surface area (Å²) in [5, 5.41) is 3.21. The molecule has 1 aliphatic heterocycles. The Balaban J connectivity index is 1.66. The molecule has 1 N–H and O–H groups in total. The Hall–Kier alpha value is -2.41. The van der Waals surface area contributed by atoms with Crippen LogP contribution in [0.3, 0.4) is 0 Å². The van der Waals surface area contributed by atoms with Crippen LogP contribution in [0, 0.1) is 0 Å². The van der Waals surface area contributed by atoms with Crippen molar-refractivity contribution < 1.29 is 18.0 Å². The highest BCUT2D eigenvalue weighted by Gasteiger charge is 2.25. The molecule has 0 spiro atoms. The standard InChI is InChI=1S/C20H22F3N3O/c21-20(22,23)7-1-2-15-3-5-16(6-4-15)17-12-18(14-25-13-17)19(27)26-10-8-24-9-11-26/h3-6,12-14,24H,1-2,7-11H2. The Labute approximate surface area is 156 Å². The number of aryl methyl sites for hydroxylation is 1. The number of pyridine rings is 1. The number of hydrogen-bond acceptors (Lipinski definition) is 3. The molecule has 2 heterocycles. The number of carbonyl (C=O) groups is 1. The van der Waals surface area contributed by atoms with Crippen LogP contribution in [-0.4, -0.2) is 48.1 Å². The van der Waals surface area contributed by atoms with Gasteiger partial charge in [0, 0.05) is 50.6 Å². The SMILES string of the molecule is O=C(c1cncc(-c2ccc(CCCC(F)(F)F)cc2)c1)N1CCNCC1. The van der Waals surface area contributed by atoms with E-state index in [9.17, 15) is 18.0 Å². The number of benzene rings is 1. The maximum atomic E-state index is 12.6. The molecule has 1 aromatic carbocycles. The molecule has 27 heavy (non-hydrogen) atoms. The van der Waals surface area contributed by atoms with E-state index in [-0.39, 0.29) is 12.3 Å². The van der Waals surface area contributed by atoms with E-state index in [1.165, 1.54) is 0 Å². The van der Waals surface area contributed by atoms with E-state index in [1.807, 2.05) is 30.3 Å². The molecule has 0 atom stereocenters. The minimum Gasteiger partial charge on any atom is -0.336 e. The Kier molecular flexibility index (Phi) is 6.11. The lowest BCUT2D eigenvalue weighted by atomic mass is 10.0. The van der Waals surface area contributed by atoms with Crippen molar-refractivity contribution in [3.05, 3.63) is 53.9 Å². The number of piperazine rings is 1. The molecule has 0 bridgehead atoms. The molecule has 0 unspecified atom stereocenters. The lowest BCUT2D eigenvalue weighted by molar-refractivity contribution is -0.135. The summed E-state index contributed by atoms with van der Waals surface area (Å²) < 4.78 is 36.7. The number of hydrogen-bond donors (Lipinski definition) is 1. The second kappa shape index (κ2) is 8.52. The largest absolute Gasteiger partial charge is 0.389 e. The number of rotatable bonds is 5. The first kappa shape index (κ1) is 19.4. The van der Waals surface area contributed by atoms with E-state index in [0.717, 1.165) is 29.8 Å². The third-order valence-corrected chi connectivity index (χ3v) is 4.60. The minimum atomic E-state index is -4.11. The van der Waals surface area contributed by atoms with E-state index in [0.29, 0.717) is 25.1 Å². The average molecular weight is 377 g/mol. The second-order valence-electron chi connectivity index (χ2n) is 6.67. The van der Waals surface area contributed by atoms with Gasteiger partial charge in [-0.25, -0.2) is 0 Å². The third-order valence-electron chi connectivity index (χ3n) is 4.60. The maximum absolute atomic E-state index is 12.6. The van der Waals surface area contributed by atoms with Crippen LogP contribution in [0.25, 0.3) is 11.1 Å². The van der Waals surface area contributed by atoms with Crippen molar-refractivity contribution in [2.75, 3.05) is 26.2 Å². The molecule has 4 nitrogen and oxygen atoms in total. The average Bonchev–Trinajstić information content (AvgIpc) is 2.68. The molecule has 2 aromatic rings. The summed E-state index contributed by atoms with van der Waals surface area (Å²) in [5.41, 5.74) is 3.11. The van der Waals surface area contributed by atoms with Gasteiger partial charge < -0.3 is 10.2 Å². The van der Waals surface area contributed by atoms with Crippen LogP contribution in [0.5, 0.6) is 0 Å². The van der Waals surface area contributed by atoms with Crippen molar-refractivity contribution in [2.24, 2.45) is 0 Å². The Morgan fingerprint density at radius 2 is 1.78 bits per heavy atom. The molecular weight excluding hydrogens is 355 g/mol. The van der Waals surface area contributed by atoms with Crippen molar-refractivity contribution in [1.29, 1.82) is 0 Å². The normalized spacial score (nSPS) is 15.0. The van der Waals surface area contributed by atoms with Crippen LogP contribution < -0.4 is 5.32 Å². The molecule has 1 fully saturated rings. The van der Waals surface area contributed by atoms with Crippen molar-refractivity contribution in [3.63, 3.8) is 0 Å². The van der Waals surface area contributed by atoms with Crippen LogP contribution in [0.1, 0.15) is 28.8 Å². The lowest BCUT2D eigenvalue weighted by Gasteiger charge is -2.27. The zero-order chi connectivity index (χ0) is 19.3. The zero-order valence-electron chi connectivity index (χ0n) is 14.9. The number of nitrogens with one attached hydrogen (secondary N) is 1. The van der Waals surface area contributed by atoms with Crippen molar-refractivity contribution in [1.82, 2.24) is 15.2 Å². The summed E-state index contributed by atoms with van der Waals surface area (Å²) in [6.07, 6.45) is -1.15. The van der Waals surface area contributed by atoms with E-state index >= 15 is 0 Å². The zero-order valence-corrected chi connectivity index (χ0v) is 14.9. The second-order valence-corrected chi connectivity index (χ2v) is 6.67. The molecule has 1 aromatic heterocycles. The summed E-state index contributed by atoms with van der Waals surface area (Å²) in [7, 11) is 0. The summed E-state index contributed by atoms with van der Waals surface area (Å²) in [6.45, 7) is 2.93. The van der Waals surface area contributed by atoms with Crippen LogP contribution in [-0.2, 0) is 6.42 Å². The van der Waals surface area contributed by atoms with Gasteiger partial charge in [-0.05, 0) is 30.0 Å². The molecule has 0 aliphatic carbocycles. The molecule has 0 radical (unpaired) electrons. The third kappa shape index (κ3) is 5.53. The van der Waals surface area contributed by atoms with Crippen LogP contribution in [0.4, 0.5) is 13.2 Å². The minimum absolute atomic E-state index is 0.0328. The Morgan fingerprint density at radius 1 is 1.07 bits per heavy atom. The molecule has 1 amide bonds. The summed E-state index contributed by atoms with van der Waals surface area (Å²) >= 11 is 0. The molecule has 1 saturated heterocycles. The summed E-state index contributed by atoms with van der Waals surface area (Å²) in [5.74, 6) is -0.0328. The smallest absolute Gasteiger partial charge is 0.336 e. The quantitative estimate of drug-likeness (QED) is 0.865. The number of halogens is 3. The first-order valence-corrected chi connectivity index (χ1v) is 9.03. The number of aromatic nitrogens is 1. The first-order valence-electron chi connectivity index (χ1n) is 9.03. The number of nitrogens with zero attached hydrogens (tertiary/aromatic N) is 2. The fraction of sp³-hybridized carbons (Fsp3) is 0.400. The molecule has 0 saturated carbocycles. The van der Waals surface area contributed by atoms with Gasteiger partial charge in [-0.15, -0.1) is 0 Å². The predicted molar refractivity (Wildman–Crippen MR) is 97.4 cm³/mol. The van der Waals surface area contributed by atoms with Gasteiger partial charge >= 0.3 is 6.18 Å². The highest BCUT2D eigenvalue weighted by molar-refractivity contribution is 5.95. The number of alkyl halides is 3. The highest BCUT2D eigenvalue weighted by Crippen LogP contribution is 2.24. The van der Waals surface area contributed by atoms with Gasteiger partial charge in [0.05, 0.1) is 5.56 Å². The van der Waals surface area contributed by atoms with E-state index in [1.54, 1.807) is 17.3 Å². The van der Waals surface area contributed by atoms with E-state index in [2.05, 4.69) is 10.3 Å². The number of carbonyl (C=O) groups excluding carboxylic acids is 1. The monoisotopic (exact) mass is 377 g/mol. The molecule has 1 aliphatic rings.